The first-order valence-corrected chi connectivity index (χ1v) is 5.14. The summed E-state index contributed by atoms with van der Waals surface area (Å²) in [5.41, 5.74) is 0.149. The largest absolute Gasteiger partial charge is 0.478 e. The molecule has 0 unspecified atom stereocenters. The molecule has 1 aromatic carbocycles. The van der Waals surface area contributed by atoms with Crippen LogP contribution in [-0.2, 0) is 4.79 Å². The predicted octanol–water partition coefficient (Wildman–Crippen LogP) is 2.37. The molecule has 5 nitrogen and oxygen atoms in total. The second-order valence-electron chi connectivity index (χ2n) is 3.44. The summed E-state index contributed by atoms with van der Waals surface area (Å²) < 4.78 is 5.51. The summed E-state index contributed by atoms with van der Waals surface area (Å²) in [5.74, 6) is -0.401. The fraction of sp³-hybridized carbons (Fsp3) is 0. The Kier molecular flexibility index (Phi) is 3.33. The first-order chi connectivity index (χ1) is 8.68. The van der Waals surface area contributed by atoms with Crippen molar-refractivity contribution in [3.05, 3.63) is 55.0 Å². The minimum absolute atomic E-state index is 0.110. The average Bonchev–Trinajstić information content (AvgIpc) is 2.39. The molecule has 0 fully saturated rings. The molecule has 0 amide bonds. The van der Waals surface area contributed by atoms with Gasteiger partial charge in [-0.25, -0.2) is 14.8 Å². The predicted molar refractivity (Wildman–Crippen MR) is 65.2 cm³/mol. The van der Waals surface area contributed by atoms with Crippen LogP contribution in [0.1, 0.15) is 5.56 Å². The molecule has 0 aliphatic heterocycles. The lowest BCUT2D eigenvalue weighted by Crippen LogP contribution is -2.02. The SMILES string of the molecule is C=C(C(=O)O)c1cncnc1Oc1ccccc1. The smallest absolute Gasteiger partial charge is 0.335 e. The van der Waals surface area contributed by atoms with Crippen molar-refractivity contribution in [2.45, 2.75) is 0 Å². The van der Waals surface area contributed by atoms with Gasteiger partial charge in [-0.3, -0.25) is 0 Å². The maximum Gasteiger partial charge on any atom is 0.335 e. The van der Waals surface area contributed by atoms with Gasteiger partial charge in [0.1, 0.15) is 12.1 Å². The van der Waals surface area contributed by atoms with Crippen molar-refractivity contribution in [2.75, 3.05) is 0 Å². The van der Waals surface area contributed by atoms with E-state index in [9.17, 15) is 4.79 Å². The van der Waals surface area contributed by atoms with Crippen molar-refractivity contribution in [1.29, 1.82) is 0 Å². The monoisotopic (exact) mass is 242 g/mol. The lowest BCUT2D eigenvalue weighted by molar-refractivity contribution is -0.130. The van der Waals surface area contributed by atoms with E-state index in [4.69, 9.17) is 9.84 Å². The van der Waals surface area contributed by atoms with E-state index in [1.165, 1.54) is 12.5 Å². The van der Waals surface area contributed by atoms with Crippen LogP contribution in [0.2, 0.25) is 0 Å². The van der Waals surface area contributed by atoms with Crippen LogP contribution in [0.15, 0.2) is 49.4 Å². The zero-order valence-corrected chi connectivity index (χ0v) is 9.41. The number of carboxylic acid groups (broad SMARTS) is 1. The standard InChI is InChI=1S/C13H10N2O3/c1-9(13(16)17)11-7-14-8-15-12(11)18-10-5-3-2-4-6-10/h2-8H,1H2,(H,16,17). The number of aliphatic carboxylic acids is 1. The Morgan fingerprint density at radius 1 is 1.28 bits per heavy atom. The molecule has 0 spiro atoms. The fourth-order valence-electron chi connectivity index (χ4n) is 1.32. The molecule has 2 rings (SSSR count). The number of para-hydroxylation sites is 1. The highest BCUT2D eigenvalue weighted by molar-refractivity contribution is 6.15. The van der Waals surface area contributed by atoms with Gasteiger partial charge in [0.15, 0.2) is 0 Å². The minimum atomic E-state index is -1.14. The van der Waals surface area contributed by atoms with Gasteiger partial charge in [-0.05, 0) is 12.1 Å². The Morgan fingerprint density at radius 2 is 2.00 bits per heavy atom. The number of benzene rings is 1. The summed E-state index contributed by atoms with van der Waals surface area (Å²) in [4.78, 5) is 18.6. The van der Waals surface area contributed by atoms with Crippen LogP contribution in [0, 0.1) is 0 Å². The number of carbonyl (C=O) groups is 1. The highest BCUT2D eigenvalue weighted by Crippen LogP contribution is 2.26. The van der Waals surface area contributed by atoms with Gasteiger partial charge in [0.2, 0.25) is 5.88 Å². The molecule has 90 valence electrons. The Morgan fingerprint density at radius 3 is 2.67 bits per heavy atom. The van der Waals surface area contributed by atoms with Crippen molar-refractivity contribution >= 4 is 11.5 Å². The fourth-order valence-corrected chi connectivity index (χ4v) is 1.32. The number of aromatic nitrogens is 2. The van der Waals surface area contributed by atoms with E-state index < -0.39 is 5.97 Å². The number of hydrogen-bond donors (Lipinski definition) is 1. The number of carboxylic acids is 1. The molecule has 0 atom stereocenters. The van der Waals surface area contributed by atoms with Crippen molar-refractivity contribution < 1.29 is 14.6 Å². The summed E-state index contributed by atoms with van der Waals surface area (Å²) in [6.07, 6.45) is 2.65. The molecular weight excluding hydrogens is 232 g/mol. The summed E-state index contributed by atoms with van der Waals surface area (Å²) in [6.45, 7) is 3.47. The van der Waals surface area contributed by atoms with Crippen molar-refractivity contribution in [3.8, 4) is 11.6 Å². The molecule has 0 saturated carbocycles. The maximum absolute atomic E-state index is 10.9. The molecule has 1 heterocycles. The molecule has 0 bridgehead atoms. The Labute approximate surface area is 103 Å². The lowest BCUT2D eigenvalue weighted by Gasteiger charge is -2.08. The van der Waals surface area contributed by atoms with E-state index in [1.807, 2.05) is 18.2 Å². The average molecular weight is 242 g/mol. The highest BCUT2D eigenvalue weighted by Gasteiger charge is 2.15. The molecule has 0 aliphatic carbocycles. The van der Waals surface area contributed by atoms with E-state index in [-0.39, 0.29) is 17.0 Å². The molecule has 2 aromatic rings. The van der Waals surface area contributed by atoms with E-state index in [0.29, 0.717) is 5.75 Å². The Hall–Kier alpha value is -2.69. The van der Waals surface area contributed by atoms with Gasteiger partial charge >= 0.3 is 5.97 Å². The van der Waals surface area contributed by atoms with Crippen LogP contribution >= 0.6 is 0 Å². The van der Waals surface area contributed by atoms with Crippen LogP contribution < -0.4 is 4.74 Å². The molecule has 0 aliphatic rings. The van der Waals surface area contributed by atoms with Crippen LogP contribution in [0.4, 0.5) is 0 Å². The topological polar surface area (TPSA) is 72.3 Å². The molecule has 18 heavy (non-hydrogen) atoms. The quantitative estimate of drug-likeness (QED) is 0.833. The van der Waals surface area contributed by atoms with Gasteiger partial charge in [-0.1, -0.05) is 24.8 Å². The maximum atomic E-state index is 10.9. The first kappa shape index (κ1) is 11.8. The van der Waals surface area contributed by atoms with Crippen LogP contribution in [0.25, 0.3) is 5.57 Å². The molecule has 0 radical (unpaired) electrons. The van der Waals surface area contributed by atoms with Crippen LogP contribution in [0.3, 0.4) is 0 Å². The Balaban J connectivity index is 2.34. The molecular formula is C13H10N2O3. The van der Waals surface area contributed by atoms with Crippen molar-refractivity contribution in [3.63, 3.8) is 0 Å². The molecule has 1 aromatic heterocycles. The lowest BCUT2D eigenvalue weighted by atomic mass is 10.1. The normalized spacial score (nSPS) is 9.78. The van der Waals surface area contributed by atoms with E-state index >= 15 is 0 Å². The zero-order chi connectivity index (χ0) is 13.0. The zero-order valence-electron chi connectivity index (χ0n) is 9.41. The second kappa shape index (κ2) is 5.09. The third-order valence-corrected chi connectivity index (χ3v) is 2.22. The van der Waals surface area contributed by atoms with Gasteiger partial charge in [0.25, 0.3) is 0 Å². The van der Waals surface area contributed by atoms with Crippen LogP contribution in [0.5, 0.6) is 11.6 Å². The van der Waals surface area contributed by atoms with Crippen molar-refractivity contribution in [2.24, 2.45) is 0 Å². The summed E-state index contributed by atoms with van der Waals surface area (Å²) >= 11 is 0. The highest BCUT2D eigenvalue weighted by atomic mass is 16.5. The third kappa shape index (κ3) is 2.52. The first-order valence-electron chi connectivity index (χ1n) is 5.14. The summed E-state index contributed by atoms with van der Waals surface area (Å²) in [5, 5.41) is 8.92. The summed E-state index contributed by atoms with van der Waals surface area (Å²) in [6, 6.07) is 8.96. The van der Waals surface area contributed by atoms with Crippen LogP contribution in [-0.4, -0.2) is 21.0 Å². The van der Waals surface area contributed by atoms with Gasteiger partial charge < -0.3 is 9.84 Å². The molecule has 5 heteroatoms. The summed E-state index contributed by atoms with van der Waals surface area (Å²) in [7, 11) is 0. The van der Waals surface area contributed by atoms with E-state index in [0.717, 1.165) is 0 Å². The van der Waals surface area contributed by atoms with E-state index in [1.54, 1.807) is 12.1 Å². The molecule has 1 N–H and O–H groups in total. The minimum Gasteiger partial charge on any atom is -0.478 e. The van der Waals surface area contributed by atoms with Gasteiger partial charge in [-0.2, -0.15) is 0 Å². The van der Waals surface area contributed by atoms with Crippen molar-refractivity contribution in [1.82, 2.24) is 9.97 Å². The van der Waals surface area contributed by atoms with Gasteiger partial charge in [0, 0.05) is 6.20 Å². The second-order valence-corrected chi connectivity index (χ2v) is 3.44. The molecule has 0 saturated heterocycles. The number of hydrogen-bond acceptors (Lipinski definition) is 4. The third-order valence-electron chi connectivity index (χ3n) is 2.22. The number of rotatable bonds is 4. The Bertz CT molecular complexity index is 582. The van der Waals surface area contributed by atoms with Gasteiger partial charge in [0.05, 0.1) is 11.1 Å². The van der Waals surface area contributed by atoms with Gasteiger partial charge in [-0.15, -0.1) is 0 Å². The number of nitrogens with zero attached hydrogens (tertiary/aromatic N) is 2. The number of ether oxygens (including phenoxy) is 1. The van der Waals surface area contributed by atoms with E-state index in [2.05, 4.69) is 16.5 Å².